The van der Waals surface area contributed by atoms with Gasteiger partial charge in [0.05, 0.1) is 50.2 Å². The van der Waals surface area contributed by atoms with E-state index in [4.69, 9.17) is 47.4 Å². The summed E-state index contributed by atoms with van der Waals surface area (Å²) in [5, 5.41) is 162. The Hall–Kier alpha value is -1.75. The van der Waals surface area contributed by atoms with Crippen LogP contribution in [0, 0.1) is 50.7 Å². The van der Waals surface area contributed by atoms with Crippen LogP contribution in [0.5, 0.6) is 0 Å². The predicted octanol–water partition coefficient (Wildman–Crippen LogP) is -2.93. The van der Waals surface area contributed by atoms with Crippen molar-refractivity contribution in [1.82, 2.24) is 0 Å². The number of aliphatic hydroxyl groups excluding tert-OH is 15. The Morgan fingerprint density at radius 1 is 0.548 bits per heavy atom. The van der Waals surface area contributed by atoms with Crippen LogP contribution in [-0.2, 0) is 52.2 Å². The van der Waals surface area contributed by atoms with Crippen LogP contribution < -0.4 is 0 Å². The topological polar surface area (TPSA) is 413 Å². The molecule has 10 rings (SSSR count). The Bertz CT molecular complexity index is 2310. The van der Waals surface area contributed by atoms with E-state index < -0.39 is 184 Å². The van der Waals surface area contributed by atoms with Gasteiger partial charge >= 0.3 is 5.97 Å². The molecule has 0 spiro atoms. The molecule has 5 aliphatic carbocycles. The van der Waals surface area contributed by atoms with Gasteiger partial charge < -0.3 is 124 Å². The lowest BCUT2D eigenvalue weighted by molar-refractivity contribution is -0.365. The first kappa shape index (κ1) is 65.2. The number of fused-ring (bicyclic) bond motifs is 7. The minimum Gasteiger partial charge on any atom is -0.432 e. The van der Waals surface area contributed by atoms with E-state index in [1.54, 1.807) is 0 Å². The summed E-state index contributed by atoms with van der Waals surface area (Å²) in [6, 6.07) is 0. The third-order valence-electron chi connectivity index (χ3n) is 22.4. The van der Waals surface area contributed by atoms with E-state index in [1.165, 1.54) is 19.4 Å². The SMILES string of the molecule is CC1OC(OC2C(CO)OC(OCC3OC(OC(=O)C45CCC6C(=CCC7C6(C)CCC6C(C)(CO)C(OC8OCC(O)C(O)C8OC8OC(C)C(O)C(O)C8O)CCC67C)C4CC(C)(C)CC5)C(O)C(O)C3O)C(O)C2O)C(O)C(O)C1O. The second-order valence-electron chi connectivity index (χ2n) is 27.9. The van der Waals surface area contributed by atoms with Crippen LogP contribution >= 0.6 is 0 Å². The van der Waals surface area contributed by atoms with Crippen LogP contribution in [0.1, 0.15) is 113 Å². The number of esters is 1. The largest absolute Gasteiger partial charge is 0.432 e. The lowest BCUT2D eigenvalue weighted by Crippen LogP contribution is -2.65. The first-order valence-corrected chi connectivity index (χ1v) is 30.3. The van der Waals surface area contributed by atoms with Crippen LogP contribution in [0.2, 0.25) is 0 Å². The number of hydrogen-bond donors (Lipinski definition) is 15. The van der Waals surface area contributed by atoms with Gasteiger partial charge in [0.25, 0.3) is 0 Å². The second kappa shape index (κ2) is 24.5. The molecule has 26 heteroatoms. The minimum absolute atomic E-state index is 0.0518. The molecule has 33 unspecified atom stereocenters. The van der Waals surface area contributed by atoms with E-state index in [-0.39, 0.29) is 53.1 Å². The fraction of sp³-hybridized carbons (Fsp3) is 0.948. The molecule has 0 aromatic rings. The molecule has 0 aromatic heterocycles. The summed E-state index contributed by atoms with van der Waals surface area (Å²) in [4.78, 5) is 15.1. The van der Waals surface area contributed by atoms with Gasteiger partial charge in [0.15, 0.2) is 25.2 Å². The number of carbonyl (C=O) groups is 1. The summed E-state index contributed by atoms with van der Waals surface area (Å²) in [5.74, 6) is -0.692. The van der Waals surface area contributed by atoms with Crippen LogP contribution in [0.4, 0.5) is 0 Å². The zero-order chi connectivity index (χ0) is 61.1. The van der Waals surface area contributed by atoms with Gasteiger partial charge in [0.1, 0.15) is 104 Å². The van der Waals surface area contributed by atoms with Gasteiger partial charge in [-0.2, -0.15) is 0 Å². The van der Waals surface area contributed by atoms with Gasteiger partial charge in [-0.15, -0.1) is 0 Å². The minimum atomic E-state index is -1.90. The van der Waals surface area contributed by atoms with Crippen molar-refractivity contribution in [2.24, 2.45) is 50.7 Å². The Balaban J connectivity index is 0.820. The van der Waals surface area contributed by atoms with Gasteiger partial charge in [-0.1, -0.05) is 46.3 Å². The van der Waals surface area contributed by atoms with Gasteiger partial charge in [-0.25, -0.2) is 0 Å². The fourth-order valence-electron chi connectivity index (χ4n) is 17.2. The van der Waals surface area contributed by atoms with Crippen molar-refractivity contribution in [3.05, 3.63) is 11.6 Å². The van der Waals surface area contributed by atoms with Gasteiger partial charge in [0.2, 0.25) is 6.29 Å². The third kappa shape index (κ3) is 11.2. The molecule has 0 radical (unpaired) electrons. The quantitative estimate of drug-likeness (QED) is 0.0498. The van der Waals surface area contributed by atoms with Crippen molar-refractivity contribution in [2.45, 2.75) is 266 Å². The Morgan fingerprint density at radius 2 is 1.13 bits per heavy atom. The van der Waals surface area contributed by atoms with Crippen LogP contribution in [0.15, 0.2) is 11.6 Å². The molecule has 10 aliphatic rings. The lowest BCUT2D eigenvalue weighted by Gasteiger charge is -2.68. The molecule has 0 amide bonds. The number of aliphatic hydroxyl groups is 15. The van der Waals surface area contributed by atoms with E-state index >= 15 is 4.79 Å². The maximum atomic E-state index is 15.1. The molecule has 0 bridgehead atoms. The standard InChI is InChI=1S/C58H94O26/c1-23-34(62)38(66)42(70)49(77-23)82-46-29(19-59)79-48(45(73)41(46)69)76-21-30-37(65)40(68)44(72)51(80-30)84-53(74)58-15-10-26-25(27(58)18-54(3,4)16-17-58)8-9-31-55(26,5)13-11-32-56(31,6)14-12-33(57(32,7)22-60)81-52-47(36(64)28(61)20-75-52)83-50-43(71)39(67)35(63)24(2)78-50/h8,23-24,26-52,59-73H,9-22H2,1-7H3. The molecule has 26 nitrogen and oxygen atoms in total. The first-order valence-electron chi connectivity index (χ1n) is 30.3. The lowest BCUT2D eigenvalue weighted by atomic mass is 9.37. The molecule has 4 saturated carbocycles. The highest BCUT2D eigenvalue weighted by atomic mass is 16.8. The Morgan fingerprint density at radius 3 is 1.76 bits per heavy atom. The summed E-state index contributed by atoms with van der Waals surface area (Å²) < 4.78 is 59.3. The fourth-order valence-corrected chi connectivity index (χ4v) is 17.2. The average Bonchev–Trinajstić information content (AvgIpc) is 0.810. The van der Waals surface area contributed by atoms with E-state index in [0.717, 1.165) is 12.8 Å². The average molecular weight is 1210 g/mol. The number of ether oxygens (including phenoxy) is 10. The summed E-state index contributed by atoms with van der Waals surface area (Å²) in [6.45, 7) is 12.0. The van der Waals surface area contributed by atoms with Crippen LogP contribution in [-0.4, -0.2) is 263 Å². The molecule has 84 heavy (non-hydrogen) atoms. The first-order chi connectivity index (χ1) is 39.5. The van der Waals surface area contributed by atoms with Crippen molar-refractivity contribution < 1.29 is 129 Å². The van der Waals surface area contributed by atoms with E-state index in [1.807, 2.05) is 6.92 Å². The smallest absolute Gasteiger partial charge is 0.315 e. The van der Waals surface area contributed by atoms with Crippen molar-refractivity contribution in [2.75, 3.05) is 26.4 Å². The summed E-state index contributed by atoms with van der Waals surface area (Å²) >= 11 is 0. The van der Waals surface area contributed by atoms with Gasteiger partial charge in [-0.3, -0.25) is 4.79 Å². The molecule has 482 valence electrons. The molecular weight excluding hydrogens is 1110 g/mol. The number of hydrogen-bond acceptors (Lipinski definition) is 26. The molecule has 5 saturated heterocycles. The zero-order valence-corrected chi connectivity index (χ0v) is 48.9. The number of allylic oxidation sites excluding steroid dienone is 2. The number of carbonyl (C=O) groups excluding carboxylic acids is 1. The monoisotopic (exact) mass is 1210 g/mol. The van der Waals surface area contributed by atoms with E-state index in [2.05, 4.69) is 33.8 Å². The van der Waals surface area contributed by atoms with E-state index in [0.29, 0.717) is 51.4 Å². The molecule has 9 fully saturated rings. The molecule has 5 aliphatic heterocycles. The van der Waals surface area contributed by atoms with Crippen molar-refractivity contribution >= 4 is 5.97 Å². The van der Waals surface area contributed by atoms with Crippen molar-refractivity contribution in [1.29, 1.82) is 0 Å². The zero-order valence-electron chi connectivity index (χ0n) is 48.9. The van der Waals surface area contributed by atoms with Crippen molar-refractivity contribution in [3.8, 4) is 0 Å². The molecule has 33 atom stereocenters. The maximum absolute atomic E-state index is 15.1. The molecular formula is C58H94O26. The number of rotatable bonds is 13. The van der Waals surface area contributed by atoms with Crippen LogP contribution in [0.25, 0.3) is 0 Å². The highest BCUT2D eigenvalue weighted by Gasteiger charge is 2.68. The third-order valence-corrected chi connectivity index (χ3v) is 22.4. The van der Waals surface area contributed by atoms with Gasteiger partial charge in [0, 0.05) is 5.41 Å². The Labute approximate surface area is 488 Å². The normalized spacial score (nSPS) is 54.9. The second-order valence-corrected chi connectivity index (χ2v) is 27.9. The summed E-state index contributed by atoms with van der Waals surface area (Å²) in [5.41, 5.74) is -1.37. The molecule has 5 heterocycles. The van der Waals surface area contributed by atoms with E-state index in [9.17, 15) is 76.6 Å². The van der Waals surface area contributed by atoms with Gasteiger partial charge in [-0.05, 0) is 118 Å². The van der Waals surface area contributed by atoms with Crippen molar-refractivity contribution in [3.63, 3.8) is 0 Å². The molecule has 0 aromatic carbocycles. The maximum Gasteiger partial charge on any atom is 0.315 e. The highest BCUT2D eigenvalue weighted by molar-refractivity contribution is 5.79. The van der Waals surface area contributed by atoms with Crippen LogP contribution in [0.3, 0.4) is 0 Å². The molecule has 15 N–H and O–H groups in total. The summed E-state index contributed by atoms with van der Waals surface area (Å²) in [6.07, 6.45) is -29.3. The predicted molar refractivity (Wildman–Crippen MR) is 283 cm³/mol. The Kier molecular flexibility index (Phi) is 19.0. The highest BCUT2D eigenvalue weighted by Crippen LogP contribution is 2.72. The summed E-state index contributed by atoms with van der Waals surface area (Å²) in [7, 11) is 0.